The fourth-order valence-electron chi connectivity index (χ4n) is 5.25. The number of amides is 2. The summed E-state index contributed by atoms with van der Waals surface area (Å²) in [4.78, 5) is 37.4. The molecule has 2 amide bonds. The zero-order valence-corrected chi connectivity index (χ0v) is 25.9. The fraction of sp³-hybridized carbons (Fsp3) is 0.333. The summed E-state index contributed by atoms with van der Waals surface area (Å²) in [5.41, 5.74) is 4.54. The molecule has 1 aliphatic heterocycles. The van der Waals surface area contributed by atoms with Gasteiger partial charge in [0.15, 0.2) is 0 Å². The quantitative estimate of drug-likeness (QED) is 0.178. The molecular formula is C33H35ClN6O2S. The summed E-state index contributed by atoms with van der Waals surface area (Å²) in [7, 11) is 0. The van der Waals surface area contributed by atoms with Gasteiger partial charge in [-0.25, -0.2) is 4.98 Å². The lowest BCUT2D eigenvalue weighted by atomic mass is 10.1. The maximum Gasteiger partial charge on any atom is 0.264 e. The SMILES string of the molecule is CCCCCC(=O)N(Cc1cncn1Cc1ccc(C#N)cc1)c1ccc(N2CCN(C(=O)c3ccc(Cl)s3)CC2)cc1. The first kappa shape index (κ1) is 30.3. The molecule has 222 valence electrons. The highest BCUT2D eigenvalue weighted by molar-refractivity contribution is 7.17. The fourth-order valence-corrected chi connectivity index (χ4v) is 6.26. The molecule has 0 unspecified atom stereocenters. The number of benzene rings is 2. The van der Waals surface area contributed by atoms with Crippen molar-refractivity contribution in [3.05, 3.63) is 99.2 Å². The maximum absolute atomic E-state index is 13.5. The van der Waals surface area contributed by atoms with Crippen LogP contribution in [0, 0.1) is 11.3 Å². The first-order chi connectivity index (χ1) is 20.9. The van der Waals surface area contributed by atoms with Gasteiger partial charge in [-0.2, -0.15) is 5.26 Å². The van der Waals surface area contributed by atoms with E-state index in [9.17, 15) is 9.59 Å². The first-order valence-electron chi connectivity index (χ1n) is 14.6. The molecule has 8 nitrogen and oxygen atoms in total. The van der Waals surface area contributed by atoms with Gasteiger partial charge in [0.2, 0.25) is 5.91 Å². The second-order valence-corrected chi connectivity index (χ2v) is 12.4. The molecule has 43 heavy (non-hydrogen) atoms. The molecule has 2 aromatic carbocycles. The van der Waals surface area contributed by atoms with Crippen LogP contribution in [0.2, 0.25) is 4.34 Å². The molecule has 2 aromatic heterocycles. The molecule has 0 N–H and O–H groups in total. The Labute approximate surface area is 261 Å². The number of unbranched alkanes of at least 4 members (excludes halogenated alkanes) is 2. The Bertz CT molecular complexity index is 1570. The molecule has 1 fully saturated rings. The number of thiophene rings is 1. The van der Waals surface area contributed by atoms with Crippen molar-refractivity contribution in [3.8, 4) is 6.07 Å². The molecule has 0 radical (unpaired) electrons. The van der Waals surface area contributed by atoms with Crippen molar-refractivity contribution in [2.24, 2.45) is 0 Å². The zero-order valence-electron chi connectivity index (χ0n) is 24.3. The van der Waals surface area contributed by atoms with Gasteiger partial charge in [0.25, 0.3) is 5.91 Å². The molecular weight excluding hydrogens is 580 g/mol. The van der Waals surface area contributed by atoms with Crippen LogP contribution in [-0.2, 0) is 17.9 Å². The van der Waals surface area contributed by atoms with Crippen LogP contribution in [-0.4, -0.2) is 52.4 Å². The minimum Gasteiger partial charge on any atom is -0.368 e. The average Bonchev–Trinajstić information content (AvgIpc) is 3.68. The number of imidazole rings is 1. The van der Waals surface area contributed by atoms with Crippen LogP contribution in [0.3, 0.4) is 0 Å². The number of hydrogen-bond donors (Lipinski definition) is 0. The van der Waals surface area contributed by atoms with E-state index in [0.29, 0.717) is 47.4 Å². The van der Waals surface area contributed by atoms with Gasteiger partial charge in [-0.1, -0.05) is 43.5 Å². The summed E-state index contributed by atoms with van der Waals surface area (Å²) < 4.78 is 2.67. The summed E-state index contributed by atoms with van der Waals surface area (Å²) >= 11 is 7.34. The van der Waals surface area contributed by atoms with E-state index in [0.717, 1.165) is 55.0 Å². The van der Waals surface area contributed by atoms with Gasteiger partial charge in [0.05, 0.1) is 39.4 Å². The average molecular weight is 615 g/mol. The van der Waals surface area contributed by atoms with Gasteiger partial charge < -0.3 is 19.3 Å². The summed E-state index contributed by atoms with van der Waals surface area (Å²) in [6.07, 6.45) is 7.02. The largest absolute Gasteiger partial charge is 0.368 e. The summed E-state index contributed by atoms with van der Waals surface area (Å²) in [5.74, 6) is 0.121. The number of halogens is 1. The Morgan fingerprint density at radius 3 is 2.40 bits per heavy atom. The number of carbonyl (C=O) groups is 2. The van der Waals surface area contributed by atoms with Crippen molar-refractivity contribution in [3.63, 3.8) is 0 Å². The van der Waals surface area contributed by atoms with Crippen LogP contribution in [0.4, 0.5) is 11.4 Å². The third kappa shape index (κ3) is 7.64. The van der Waals surface area contributed by atoms with Gasteiger partial charge in [-0.3, -0.25) is 9.59 Å². The lowest BCUT2D eigenvalue weighted by molar-refractivity contribution is -0.118. The highest BCUT2D eigenvalue weighted by Gasteiger charge is 2.24. The smallest absolute Gasteiger partial charge is 0.264 e. The van der Waals surface area contributed by atoms with Crippen LogP contribution in [0.5, 0.6) is 0 Å². The lowest BCUT2D eigenvalue weighted by Crippen LogP contribution is -2.48. The predicted octanol–water partition coefficient (Wildman–Crippen LogP) is 6.59. The number of anilines is 2. The van der Waals surface area contributed by atoms with E-state index in [1.807, 2.05) is 57.0 Å². The van der Waals surface area contributed by atoms with Crippen molar-refractivity contribution < 1.29 is 9.59 Å². The standard InChI is InChI=1S/C33H35ClN6O2S/c1-2-3-4-5-32(41)40(23-29-21-36-24-39(29)22-26-8-6-25(20-35)7-9-26)28-12-10-27(11-13-28)37-16-18-38(19-17-37)33(42)30-14-15-31(34)43-30/h6-15,21,24H,2-5,16-19,22-23H2,1H3. The molecule has 1 aliphatic rings. The monoisotopic (exact) mass is 614 g/mol. The third-order valence-corrected chi connectivity index (χ3v) is 8.95. The van der Waals surface area contributed by atoms with Crippen LogP contribution < -0.4 is 9.80 Å². The number of piperazine rings is 1. The van der Waals surface area contributed by atoms with Crippen LogP contribution in [0.1, 0.15) is 59.1 Å². The molecule has 1 saturated heterocycles. The second-order valence-electron chi connectivity index (χ2n) is 10.7. The van der Waals surface area contributed by atoms with Crippen molar-refractivity contribution in [2.75, 3.05) is 36.0 Å². The van der Waals surface area contributed by atoms with E-state index in [1.165, 1.54) is 11.3 Å². The topological polar surface area (TPSA) is 85.5 Å². The Balaban J connectivity index is 1.27. The summed E-state index contributed by atoms with van der Waals surface area (Å²) in [5, 5.41) is 9.10. The molecule has 0 saturated carbocycles. The molecule has 3 heterocycles. The van der Waals surface area contributed by atoms with E-state index in [-0.39, 0.29) is 11.8 Å². The van der Waals surface area contributed by atoms with Crippen molar-refractivity contribution in [2.45, 2.75) is 45.7 Å². The van der Waals surface area contributed by atoms with E-state index in [2.05, 4.69) is 35.0 Å². The molecule has 0 bridgehead atoms. The normalized spacial score (nSPS) is 13.1. The van der Waals surface area contributed by atoms with E-state index in [1.54, 1.807) is 18.5 Å². The molecule has 10 heteroatoms. The third-order valence-electron chi connectivity index (χ3n) is 7.73. The molecule has 4 aromatic rings. The Morgan fingerprint density at radius 2 is 1.74 bits per heavy atom. The van der Waals surface area contributed by atoms with Crippen LogP contribution in [0.25, 0.3) is 0 Å². The van der Waals surface area contributed by atoms with Crippen molar-refractivity contribution in [1.82, 2.24) is 14.5 Å². The first-order valence-corrected chi connectivity index (χ1v) is 15.8. The molecule has 0 aliphatic carbocycles. The number of nitriles is 1. The minimum atomic E-state index is 0.0301. The second kappa shape index (κ2) is 14.4. The predicted molar refractivity (Wildman–Crippen MR) is 172 cm³/mol. The van der Waals surface area contributed by atoms with Gasteiger partial charge in [0, 0.05) is 56.7 Å². The number of carbonyl (C=O) groups excluding carboxylic acids is 2. The number of aromatic nitrogens is 2. The molecule has 0 spiro atoms. The van der Waals surface area contributed by atoms with E-state index in [4.69, 9.17) is 16.9 Å². The van der Waals surface area contributed by atoms with Gasteiger partial charge in [0.1, 0.15) is 0 Å². The van der Waals surface area contributed by atoms with Crippen LogP contribution in [0.15, 0.2) is 73.2 Å². The van der Waals surface area contributed by atoms with Gasteiger partial charge in [-0.15, -0.1) is 11.3 Å². The van der Waals surface area contributed by atoms with Crippen LogP contribution >= 0.6 is 22.9 Å². The van der Waals surface area contributed by atoms with Gasteiger partial charge >= 0.3 is 0 Å². The van der Waals surface area contributed by atoms with Crippen molar-refractivity contribution in [1.29, 1.82) is 5.26 Å². The van der Waals surface area contributed by atoms with Crippen molar-refractivity contribution >= 4 is 46.1 Å². The molecule has 0 atom stereocenters. The van der Waals surface area contributed by atoms with Gasteiger partial charge in [-0.05, 0) is 60.5 Å². The number of rotatable bonds is 11. The Kier molecular flexibility index (Phi) is 10.1. The Hall–Kier alpha value is -4.13. The number of hydrogen-bond acceptors (Lipinski definition) is 6. The van der Waals surface area contributed by atoms with E-state index >= 15 is 0 Å². The number of nitrogens with zero attached hydrogens (tertiary/aromatic N) is 6. The molecule has 5 rings (SSSR count). The highest BCUT2D eigenvalue weighted by Crippen LogP contribution is 2.27. The highest BCUT2D eigenvalue weighted by atomic mass is 35.5. The zero-order chi connectivity index (χ0) is 30.2. The summed E-state index contributed by atoms with van der Waals surface area (Å²) in [6, 6.07) is 21.4. The summed E-state index contributed by atoms with van der Waals surface area (Å²) in [6.45, 7) is 5.90. The Morgan fingerprint density at radius 1 is 1.00 bits per heavy atom. The van der Waals surface area contributed by atoms with E-state index < -0.39 is 0 Å². The minimum absolute atomic E-state index is 0.0301. The lowest BCUT2D eigenvalue weighted by Gasteiger charge is -2.36. The maximum atomic E-state index is 13.5.